The van der Waals surface area contributed by atoms with Crippen LogP contribution in [0.25, 0.3) is 0 Å². The van der Waals surface area contributed by atoms with Crippen LogP contribution in [0, 0.1) is 13.0 Å². The molecule has 0 saturated carbocycles. The van der Waals surface area contributed by atoms with E-state index in [0.717, 1.165) is 29.4 Å². The Labute approximate surface area is 171 Å². The summed E-state index contributed by atoms with van der Waals surface area (Å²) in [7, 11) is 4.73. The zero-order chi connectivity index (χ0) is 21.5. The van der Waals surface area contributed by atoms with Crippen molar-refractivity contribution in [2.45, 2.75) is 6.92 Å². The molecule has 0 saturated heterocycles. The quantitative estimate of drug-likeness (QED) is 0.582. The highest BCUT2D eigenvalue weighted by Gasteiger charge is 2.02. The first-order chi connectivity index (χ1) is 14.1. The van der Waals surface area contributed by atoms with Crippen LogP contribution in [0.15, 0.2) is 66.7 Å². The van der Waals surface area contributed by atoms with Crippen molar-refractivity contribution in [3.63, 3.8) is 0 Å². The maximum Gasteiger partial charge on any atom is 0.161 e. The average molecular weight is 393 g/mol. The molecule has 0 aliphatic carbocycles. The van der Waals surface area contributed by atoms with Crippen molar-refractivity contribution < 1.29 is 23.8 Å². The monoisotopic (exact) mass is 393 g/mol. The van der Waals surface area contributed by atoms with Crippen molar-refractivity contribution in [1.82, 2.24) is 0 Å². The van der Waals surface area contributed by atoms with E-state index in [1.54, 1.807) is 44.6 Å². The van der Waals surface area contributed by atoms with Gasteiger partial charge in [-0.2, -0.15) is 0 Å². The second-order valence-corrected chi connectivity index (χ2v) is 5.66. The smallest absolute Gasteiger partial charge is 0.161 e. The molecule has 0 aliphatic rings. The van der Waals surface area contributed by atoms with Gasteiger partial charge in [-0.25, -0.2) is 0 Å². The predicted octanol–water partition coefficient (Wildman–Crippen LogP) is 4.82. The number of carbonyl (C=O) groups is 2. The highest BCUT2D eigenvalue weighted by atomic mass is 16.5. The Morgan fingerprint density at radius 3 is 1.79 bits per heavy atom. The molecule has 0 heterocycles. The molecule has 151 valence electrons. The molecule has 0 atom stereocenters. The highest BCUT2D eigenvalue weighted by Crippen LogP contribution is 2.26. The molecule has 5 nitrogen and oxygen atoms in total. The number of carbonyl (C=O) groups excluding carboxylic acids is 2. The van der Waals surface area contributed by atoms with Crippen molar-refractivity contribution in [2.24, 2.45) is 0 Å². The minimum absolute atomic E-state index is 0.571. The lowest BCUT2D eigenvalue weighted by atomic mass is 10.2. The van der Waals surface area contributed by atoms with E-state index in [0.29, 0.717) is 17.1 Å². The summed E-state index contributed by atoms with van der Waals surface area (Å²) in [6.07, 6.45) is 1.60. The fourth-order valence-corrected chi connectivity index (χ4v) is 2.13. The van der Waals surface area contributed by atoms with Crippen LogP contribution in [0.2, 0.25) is 0 Å². The van der Waals surface area contributed by atoms with Crippen molar-refractivity contribution in [2.75, 3.05) is 21.3 Å². The van der Waals surface area contributed by atoms with Gasteiger partial charge >= 0.3 is 0 Å². The minimum atomic E-state index is 0.571. The fraction of sp³-hybridized carbons (Fsp3) is 0.167. The van der Waals surface area contributed by atoms with Crippen LogP contribution >= 0.6 is 0 Å². The first kappa shape index (κ1) is 23.4. The minimum Gasteiger partial charge on any atom is -0.496 e. The van der Waals surface area contributed by atoms with Crippen LogP contribution in [0.1, 0.15) is 26.3 Å². The molecule has 1 radical (unpaired) electrons. The number of methoxy groups -OCH3 is 3. The Bertz CT molecular complexity index is 875. The van der Waals surface area contributed by atoms with E-state index in [1.165, 1.54) is 7.11 Å². The molecule has 0 unspecified atom stereocenters. The van der Waals surface area contributed by atoms with Gasteiger partial charge in [0.25, 0.3) is 0 Å². The summed E-state index contributed by atoms with van der Waals surface area (Å²) < 4.78 is 14.9. The zero-order valence-corrected chi connectivity index (χ0v) is 17.0. The largest absolute Gasteiger partial charge is 0.496 e. The fourth-order valence-electron chi connectivity index (χ4n) is 2.13. The lowest BCUT2D eigenvalue weighted by Gasteiger charge is -2.06. The summed E-state index contributed by atoms with van der Waals surface area (Å²) in [5.41, 5.74) is 2.41. The van der Waals surface area contributed by atoms with Gasteiger partial charge in [-0.1, -0.05) is 42.5 Å². The van der Waals surface area contributed by atoms with E-state index in [2.05, 4.69) is 6.07 Å². The number of hydrogen-bond acceptors (Lipinski definition) is 5. The van der Waals surface area contributed by atoms with Crippen LogP contribution in [0.5, 0.6) is 17.2 Å². The standard InChI is InChI=1S/C9H10O3.C8H9O.C7H6O/c1-11-8-4-3-7(6-10)5-9(8)12-2;1-7-4-3-5-8(6-7)9-2;8-6-7-4-2-1-3-5-7/h3-6H,1-2H3;3-5H,1-2H3;1-6H. The first-order valence-corrected chi connectivity index (χ1v) is 8.78. The summed E-state index contributed by atoms with van der Waals surface area (Å²) in [5.74, 6) is 2.00. The molecule has 3 aromatic carbocycles. The lowest BCUT2D eigenvalue weighted by Crippen LogP contribution is -1.91. The summed E-state index contributed by atoms with van der Waals surface area (Å²) in [4.78, 5) is 20.4. The third kappa shape index (κ3) is 8.75. The van der Waals surface area contributed by atoms with E-state index >= 15 is 0 Å². The van der Waals surface area contributed by atoms with E-state index < -0.39 is 0 Å². The van der Waals surface area contributed by atoms with E-state index in [4.69, 9.17) is 14.2 Å². The van der Waals surface area contributed by atoms with Gasteiger partial charge in [-0.05, 0) is 36.8 Å². The van der Waals surface area contributed by atoms with Crippen LogP contribution in [-0.4, -0.2) is 33.9 Å². The van der Waals surface area contributed by atoms with Crippen LogP contribution in [0.4, 0.5) is 0 Å². The second-order valence-electron chi connectivity index (χ2n) is 5.66. The summed E-state index contributed by atoms with van der Waals surface area (Å²) in [5, 5.41) is 0. The SMILES string of the molecule is COc1[c]c(C)ccc1.COc1ccc(C=O)cc1OC.O=Cc1ccccc1. The molecule has 3 rings (SSSR count). The summed E-state index contributed by atoms with van der Waals surface area (Å²) in [6.45, 7) is 1.99. The number of rotatable bonds is 5. The lowest BCUT2D eigenvalue weighted by molar-refractivity contribution is 0.111. The number of hydrogen-bond donors (Lipinski definition) is 0. The summed E-state index contributed by atoms with van der Waals surface area (Å²) in [6, 6.07) is 23.0. The van der Waals surface area contributed by atoms with Gasteiger partial charge in [-0.15, -0.1) is 0 Å². The molecular weight excluding hydrogens is 368 g/mol. The highest BCUT2D eigenvalue weighted by molar-refractivity contribution is 5.76. The number of aryl methyl sites for hydroxylation is 1. The number of aldehydes is 2. The molecular formula is C24H25O5. The van der Waals surface area contributed by atoms with Crippen molar-refractivity contribution in [3.05, 3.63) is 89.5 Å². The van der Waals surface area contributed by atoms with Gasteiger partial charge < -0.3 is 14.2 Å². The van der Waals surface area contributed by atoms with Gasteiger partial charge in [-0.3, -0.25) is 9.59 Å². The van der Waals surface area contributed by atoms with Crippen LogP contribution in [0.3, 0.4) is 0 Å². The Kier molecular flexibility index (Phi) is 11.0. The third-order valence-corrected chi connectivity index (χ3v) is 3.61. The van der Waals surface area contributed by atoms with E-state index in [1.807, 2.05) is 43.3 Å². The first-order valence-electron chi connectivity index (χ1n) is 8.78. The van der Waals surface area contributed by atoms with Crippen LogP contribution < -0.4 is 14.2 Å². The molecule has 3 aromatic rings. The van der Waals surface area contributed by atoms with Gasteiger partial charge in [0, 0.05) is 17.2 Å². The molecule has 0 fully saturated rings. The van der Waals surface area contributed by atoms with Crippen molar-refractivity contribution in [1.29, 1.82) is 0 Å². The van der Waals surface area contributed by atoms with E-state index in [9.17, 15) is 9.59 Å². The van der Waals surface area contributed by atoms with Crippen LogP contribution in [-0.2, 0) is 0 Å². The van der Waals surface area contributed by atoms with Gasteiger partial charge in [0.1, 0.15) is 18.3 Å². The van der Waals surface area contributed by atoms with Gasteiger partial charge in [0.2, 0.25) is 0 Å². The third-order valence-electron chi connectivity index (χ3n) is 3.61. The molecule has 0 amide bonds. The Morgan fingerprint density at radius 1 is 0.690 bits per heavy atom. The number of ether oxygens (including phenoxy) is 3. The molecule has 0 bridgehead atoms. The molecule has 0 spiro atoms. The maximum absolute atomic E-state index is 10.4. The van der Waals surface area contributed by atoms with Gasteiger partial charge in [0.05, 0.1) is 21.3 Å². The summed E-state index contributed by atoms with van der Waals surface area (Å²) >= 11 is 0. The Hall–Kier alpha value is -3.60. The molecule has 0 N–H and O–H groups in total. The maximum atomic E-state index is 10.4. The normalized spacial score (nSPS) is 8.97. The number of benzene rings is 3. The topological polar surface area (TPSA) is 61.8 Å². The van der Waals surface area contributed by atoms with E-state index in [-0.39, 0.29) is 0 Å². The predicted molar refractivity (Wildman–Crippen MR) is 113 cm³/mol. The average Bonchev–Trinajstić information content (AvgIpc) is 2.79. The molecule has 0 aliphatic heterocycles. The van der Waals surface area contributed by atoms with Gasteiger partial charge in [0.15, 0.2) is 11.5 Å². The molecule has 0 aromatic heterocycles. The van der Waals surface area contributed by atoms with Crippen molar-refractivity contribution >= 4 is 12.6 Å². The Balaban J connectivity index is 0.000000223. The Morgan fingerprint density at radius 2 is 1.34 bits per heavy atom. The second kappa shape index (κ2) is 13.6. The zero-order valence-electron chi connectivity index (χ0n) is 17.0. The molecule has 29 heavy (non-hydrogen) atoms. The molecule has 5 heteroatoms. The van der Waals surface area contributed by atoms with Crippen molar-refractivity contribution in [3.8, 4) is 17.2 Å².